The topological polar surface area (TPSA) is 111 Å². The molecule has 8 nitrogen and oxygen atoms in total. The van der Waals surface area contributed by atoms with Crippen LogP contribution < -0.4 is 10.6 Å². The van der Waals surface area contributed by atoms with Crippen LogP contribution in [0.4, 0.5) is 25.8 Å². The molecular formula is C21H23F2N3O5Pd. The average molecular weight is 542 g/mol. The number of fused-ring (bicyclic) bond motifs is 1. The van der Waals surface area contributed by atoms with Crippen LogP contribution in [-0.2, 0) is 41.2 Å². The van der Waals surface area contributed by atoms with Gasteiger partial charge in [-0.15, -0.1) is 0 Å². The van der Waals surface area contributed by atoms with Crippen molar-refractivity contribution in [1.82, 2.24) is 0 Å². The van der Waals surface area contributed by atoms with Crippen LogP contribution in [0.2, 0.25) is 0 Å². The summed E-state index contributed by atoms with van der Waals surface area (Å²) in [5, 5.41) is 16.4. The van der Waals surface area contributed by atoms with E-state index in [4.69, 9.17) is 4.74 Å². The van der Waals surface area contributed by atoms with E-state index in [1.54, 1.807) is 13.0 Å². The Morgan fingerprint density at radius 2 is 1.91 bits per heavy atom. The number of ketones is 1. The summed E-state index contributed by atoms with van der Waals surface area (Å²) in [5.74, 6) is -1.42. The molecule has 0 radical (unpaired) electrons. The molecule has 2 aromatic carbocycles. The predicted molar refractivity (Wildman–Crippen MR) is 111 cm³/mol. The van der Waals surface area contributed by atoms with Crippen LogP contribution in [0.25, 0.3) is 0 Å². The van der Waals surface area contributed by atoms with Gasteiger partial charge in [0.05, 0.1) is 23.6 Å². The molecule has 2 N–H and O–H groups in total. The fraction of sp³-hybridized carbons (Fsp3) is 0.333. The number of nitro groups is 1. The van der Waals surface area contributed by atoms with E-state index in [0.29, 0.717) is 6.42 Å². The van der Waals surface area contributed by atoms with E-state index in [2.05, 4.69) is 10.6 Å². The number of ether oxygens (including phenoxy) is 1. The third-order valence-electron chi connectivity index (χ3n) is 4.46. The summed E-state index contributed by atoms with van der Waals surface area (Å²) in [6.07, 6.45) is 0.335. The molecular weight excluding hydrogens is 519 g/mol. The summed E-state index contributed by atoms with van der Waals surface area (Å²) in [5.41, 5.74) is 1.27. The number of carbonyl (C=O) groups is 2. The molecule has 2 aromatic rings. The smallest absolute Gasteiger partial charge is 0.328 e. The van der Waals surface area contributed by atoms with Crippen molar-refractivity contribution >= 4 is 28.8 Å². The summed E-state index contributed by atoms with van der Waals surface area (Å²) in [4.78, 5) is 32.7. The first-order valence-corrected chi connectivity index (χ1v) is 9.57. The van der Waals surface area contributed by atoms with Gasteiger partial charge in [0.15, 0.2) is 5.78 Å². The molecule has 1 heterocycles. The zero-order chi connectivity index (χ0) is 23.1. The van der Waals surface area contributed by atoms with Crippen LogP contribution in [-0.4, -0.2) is 35.4 Å². The average Bonchev–Trinajstić information content (AvgIpc) is 2.71. The number of anilines is 2. The first kappa shape index (κ1) is 27.1. The molecule has 1 aliphatic rings. The van der Waals surface area contributed by atoms with Crippen LogP contribution in [0, 0.1) is 21.7 Å². The molecule has 176 valence electrons. The maximum atomic E-state index is 12.9. The van der Waals surface area contributed by atoms with Crippen molar-refractivity contribution in [3.8, 4) is 0 Å². The van der Waals surface area contributed by atoms with E-state index >= 15 is 0 Å². The summed E-state index contributed by atoms with van der Waals surface area (Å²) in [6, 6.07) is 6.65. The molecule has 1 aliphatic heterocycles. The molecule has 32 heavy (non-hydrogen) atoms. The number of rotatable bonds is 5. The largest absolute Gasteiger partial charge is 0.464 e. The van der Waals surface area contributed by atoms with E-state index in [0.717, 1.165) is 23.4 Å². The number of nitro benzene ring substituents is 1. The SMILES string of the molecule is CC1Nc2ccc(F)cc2CC1=O.CCOC(=O)C(C)Nc1ccc(F)cc1[N+](=O)[O-].[Pd]. The Labute approximate surface area is 197 Å². The minimum Gasteiger partial charge on any atom is -0.464 e. The number of Topliss-reactive ketones (excluding diaryl/α,β-unsaturated/α-hetero) is 1. The fourth-order valence-corrected chi connectivity index (χ4v) is 2.84. The fourth-order valence-electron chi connectivity index (χ4n) is 2.84. The Morgan fingerprint density at radius 3 is 2.53 bits per heavy atom. The van der Waals surface area contributed by atoms with E-state index in [1.165, 1.54) is 25.1 Å². The van der Waals surface area contributed by atoms with Gasteiger partial charge in [0, 0.05) is 32.5 Å². The van der Waals surface area contributed by atoms with Crippen LogP contribution in [0.5, 0.6) is 0 Å². The molecule has 0 bridgehead atoms. The Morgan fingerprint density at radius 1 is 1.28 bits per heavy atom. The van der Waals surface area contributed by atoms with E-state index in [9.17, 15) is 28.5 Å². The molecule has 2 unspecified atom stereocenters. The molecule has 0 aromatic heterocycles. The molecule has 0 aliphatic carbocycles. The molecule has 3 rings (SSSR count). The number of nitrogens with one attached hydrogen (secondary N) is 2. The van der Waals surface area contributed by atoms with Crippen LogP contribution in [0.3, 0.4) is 0 Å². The number of benzene rings is 2. The number of hydrogen-bond donors (Lipinski definition) is 2. The van der Waals surface area contributed by atoms with Crippen molar-refractivity contribution < 1.29 is 48.5 Å². The maximum absolute atomic E-state index is 12.9. The van der Waals surface area contributed by atoms with Crippen LogP contribution in [0.1, 0.15) is 26.3 Å². The zero-order valence-electron chi connectivity index (χ0n) is 17.6. The van der Waals surface area contributed by atoms with Gasteiger partial charge < -0.3 is 15.4 Å². The van der Waals surface area contributed by atoms with Gasteiger partial charge in [-0.1, -0.05) is 0 Å². The van der Waals surface area contributed by atoms with Crippen molar-refractivity contribution in [1.29, 1.82) is 0 Å². The monoisotopic (exact) mass is 541 g/mol. The molecule has 11 heteroatoms. The van der Waals surface area contributed by atoms with Gasteiger partial charge in [-0.3, -0.25) is 14.9 Å². The van der Waals surface area contributed by atoms with Crippen molar-refractivity contribution in [3.63, 3.8) is 0 Å². The van der Waals surface area contributed by atoms with Crippen molar-refractivity contribution in [3.05, 3.63) is 63.7 Å². The van der Waals surface area contributed by atoms with Gasteiger partial charge in [-0.25, -0.2) is 13.6 Å². The first-order valence-electron chi connectivity index (χ1n) is 9.57. The summed E-state index contributed by atoms with van der Waals surface area (Å²) >= 11 is 0. The van der Waals surface area contributed by atoms with Crippen molar-refractivity contribution in [2.75, 3.05) is 17.2 Å². The van der Waals surface area contributed by atoms with Crippen LogP contribution in [0.15, 0.2) is 36.4 Å². The Balaban J connectivity index is 0.000000324. The number of carbonyl (C=O) groups excluding carboxylic acids is 2. The summed E-state index contributed by atoms with van der Waals surface area (Å²) in [6.45, 7) is 5.20. The molecule has 0 amide bonds. The Hall–Kier alpha value is -2.90. The van der Waals surface area contributed by atoms with E-state index in [1.807, 2.05) is 6.92 Å². The quantitative estimate of drug-likeness (QED) is 0.256. The minimum absolute atomic E-state index is 0. The normalized spacial score (nSPS) is 15.0. The molecule has 0 saturated heterocycles. The van der Waals surface area contributed by atoms with Gasteiger partial charge >= 0.3 is 5.97 Å². The van der Waals surface area contributed by atoms with E-state index < -0.39 is 28.4 Å². The number of halogens is 2. The molecule has 0 saturated carbocycles. The van der Waals surface area contributed by atoms with Crippen molar-refractivity contribution in [2.24, 2.45) is 0 Å². The van der Waals surface area contributed by atoms with Gasteiger partial charge in [0.1, 0.15) is 23.4 Å². The maximum Gasteiger partial charge on any atom is 0.328 e. The van der Waals surface area contributed by atoms with Gasteiger partial charge in [-0.2, -0.15) is 0 Å². The summed E-state index contributed by atoms with van der Waals surface area (Å²) in [7, 11) is 0. The molecule has 0 fully saturated rings. The second-order valence-electron chi connectivity index (χ2n) is 6.85. The first-order chi connectivity index (χ1) is 14.6. The number of esters is 1. The zero-order valence-corrected chi connectivity index (χ0v) is 19.1. The minimum atomic E-state index is -0.755. The predicted octanol–water partition coefficient (Wildman–Crippen LogP) is 3.85. The second-order valence-corrected chi connectivity index (χ2v) is 6.85. The summed E-state index contributed by atoms with van der Waals surface area (Å²) < 4.78 is 30.4. The van der Waals surface area contributed by atoms with Gasteiger partial charge in [0.25, 0.3) is 5.69 Å². The molecule has 0 spiro atoms. The third kappa shape index (κ3) is 7.36. The third-order valence-corrected chi connectivity index (χ3v) is 4.46. The van der Waals surface area contributed by atoms with Gasteiger partial charge in [0.2, 0.25) is 0 Å². The Bertz CT molecular complexity index is 990. The van der Waals surface area contributed by atoms with Crippen molar-refractivity contribution in [2.45, 2.75) is 39.3 Å². The van der Waals surface area contributed by atoms with Crippen LogP contribution >= 0.6 is 0 Å². The standard InChI is InChI=1S/C11H13FN2O4.C10H10FNO.Pd/c1-3-18-11(15)7(2)13-9-5-4-8(12)6-10(9)14(16)17;1-6-10(13)5-7-4-8(11)2-3-9(7)12-6;/h4-7,13H,3H2,1-2H3;2-4,6,12H,5H2,1H3;. The molecule has 2 atom stereocenters. The second kappa shape index (κ2) is 12.2. The Kier molecular flexibility index (Phi) is 10.4. The number of hydrogen-bond acceptors (Lipinski definition) is 7. The number of nitrogens with zero attached hydrogens (tertiary/aromatic N) is 1. The van der Waals surface area contributed by atoms with E-state index in [-0.39, 0.29) is 50.4 Å². The van der Waals surface area contributed by atoms with Gasteiger partial charge in [-0.05, 0) is 56.7 Å².